The summed E-state index contributed by atoms with van der Waals surface area (Å²) >= 11 is 0. The summed E-state index contributed by atoms with van der Waals surface area (Å²) in [5.41, 5.74) is 1.27. The zero-order valence-electron chi connectivity index (χ0n) is 11.9. The molecule has 0 saturated carbocycles. The highest BCUT2D eigenvalue weighted by Crippen LogP contribution is 2.38. The molecular weight excluding hydrogens is 285 g/mol. The first kappa shape index (κ1) is 14.4. The standard InChI is InChI=1S/C17H14FNO3/c1-10(20)19-14-5-3-2-4-13(14)16(21)17(22)15(19)11-6-8-12(18)9-7-11/h2-9,15,17,22H,1H3/t15-,17+/m0/s1. The highest BCUT2D eigenvalue weighted by Gasteiger charge is 2.41. The summed E-state index contributed by atoms with van der Waals surface area (Å²) < 4.78 is 13.1. The summed E-state index contributed by atoms with van der Waals surface area (Å²) in [5, 5.41) is 10.4. The molecule has 0 aliphatic carbocycles. The van der Waals surface area contributed by atoms with Crippen molar-refractivity contribution in [2.45, 2.75) is 19.1 Å². The van der Waals surface area contributed by atoms with Crippen LogP contribution in [-0.2, 0) is 4.79 Å². The normalized spacial score (nSPS) is 20.7. The number of carbonyl (C=O) groups is 2. The van der Waals surface area contributed by atoms with E-state index < -0.39 is 23.7 Å². The zero-order chi connectivity index (χ0) is 15.9. The summed E-state index contributed by atoms with van der Waals surface area (Å²) in [6, 6.07) is 11.2. The summed E-state index contributed by atoms with van der Waals surface area (Å²) in [4.78, 5) is 25.9. The predicted octanol–water partition coefficient (Wildman–Crippen LogP) is 2.48. The first-order valence-electron chi connectivity index (χ1n) is 6.87. The number of aliphatic hydroxyl groups is 1. The minimum atomic E-state index is -1.38. The lowest BCUT2D eigenvalue weighted by atomic mass is 9.87. The fourth-order valence-corrected chi connectivity index (χ4v) is 2.84. The number of hydrogen-bond acceptors (Lipinski definition) is 3. The minimum absolute atomic E-state index is 0.298. The van der Waals surface area contributed by atoms with Crippen LogP contribution in [0.25, 0.3) is 0 Å². The Morgan fingerprint density at radius 2 is 1.77 bits per heavy atom. The fourth-order valence-electron chi connectivity index (χ4n) is 2.84. The molecule has 1 heterocycles. The van der Waals surface area contributed by atoms with Gasteiger partial charge < -0.3 is 10.0 Å². The van der Waals surface area contributed by atoms with Crippen LogP contribution in [0, 0.1) is 5.82 Å². The lowest BCUT2D eigenvalue weighted by molar-refractivity contribution is -0.117. The quantitative estimate of drug-likeness (QED) is 0.880. The number of benzene rings is 2. The molecule has 0 radical (unpaired) electrons. The minimum Gasteiger partial charge on any atom is -0.382 e. The Kier molecular flexibility index (Phi) is 3.50. The van der Waals surface area contributed by atoms with Crippen LogP contribution in [0.2, 0.25) is 0 Å². The predicted molar refractivity (Wildman–Crippen MR) is 79.1 cm³/mol. The van der Waals surface area contributed by atoms with Crippen molar-refractivity contribution < 1.29 is 19.1 Å². The van der Waals surface area contributed by atoms with Crippen molar-refractivity contribution in [1.29, 1.82) is 0 Å². The van der Waals surface area contributed by atoms with Gasteiger partial charge in [-0.1, -0.05) is 24.3 Å². The number of hydrogen-bond donors (Lipinski definition) is 1. The Morgan fingerprint density at radius 1 is 1.14 bits per heavy atom. The Morgan fingerprint density at radius 3 is 2.41 bits per heavy atom. The molecule has 0 spiro atoms. The number of carbonyl (C=O) groups excluding carboxylic acids is 2. The summed E-state index contributed by atoms with van der Waals surface area (Å²) in [5.74, 6) is -1.16. The monoisotopic (exact) mass is 299 g/mol. The van der Waals surface area contributed by atoms with E-state index in [4.69, 9.17) is 0 Å². The first-order valence-corrected chi connectivity index (χ1v) is 6.87. The van der Waals surface area contributed by atoms with E-state index in [9.17, 15) is 19.1 Å². The molecule has 4 nitrogen and oxygen atoms in total. The van der Waals surface area contributed by atoms with E-state index >= 15 is 0 Å². The van der Waals surface area contributed by atoms with E-state index in [1.165, 1.54) is 36.1 Å². The molecule has 1 N–H and O–H groups in total. The van der Waals surface area contributed by atoms with Gasteiger partial charge in [0.2, 0.25) is 5.91 Å². The van der Waals surface area contributed by atoms with Crippen LogP contribution >= 0.6 is 0 Å². The van der Waals surface area contributed by atoms with Gasteiger partial charge in [0.05, 0.1) is 11.7 Å². The number of ketones is 1. The molecule has 2 aromatic carbocycles. The van der Waals surface area contributed by atoms with Crippen LogP contribution in [0.3, 0.4) is 0 Å². The smallest absolute Gasteiger partial charge is 0.224 e. The van der Waals surface area contributed by atoms with Gasteiger partial charge in [-0.05, 0) is 29.8 Å². The highest BCUT2D eigenvalue weighted by molar-refractivity contribution is 6.11. The number of fused-ring (bicyclic) bond motifs is 1. The molecule has 3 rings (SSSR count). The van der Waals surface area contributed by atoms with Crippen LogP contribution in [-0.4, -0.2) is 22.9 Å². The van der Waals surface area contributed by atoms with Gasteiger partial charge in [0.1, 0.15) is 11.9 Å². The van der Waals surface area contributed by atoms with Gasteiger partial charge in [-0.2, -0.15) is 0 Å². The molecule has 2 atom stereocenters. The molecule has 0 fully saturated rings. The number of para-hydroxylation sites is 1. The van der Waals surface area contributed by atoms with E-state index in [-0.39, 0.29) is 5.91 Å². The number of nitrogens with zero attached hydrogens (tertiary/aromatic N) is 1. The molecule has 1 aliphatic rings. The van der Waals surface area contributed by atoms with Gasteiger partial charge >= 0.3 is 0 Å². The van der Waals surface area contributed by atoms with E-state index in [0.717, 1.165) is 0 Å². The molecule has 5 heteroatoms. The third kappa shape index (κ3) is 2.19. The number of amides is 1. The Hall–Kier alpha value is -2.53. The largest absolute Gasteiger partial charge is 0.382 e. The molecule has 112 valence electrons. The maximum Gasteiger partial charge on any atom is 0.224 e. The molecule has 1 amide bonds. The van der Waals surface area contributed by atoms with Crippen molar-refractivity contribution in [2.24, 2.45) is 0 Å². The maximum atomic E-state index is 13.1. The second kappa shape index (κ2) is 5.35. The van der Waals surface area contributed by atoms with Crippen molar-refractivity contribution in [3.8, 4) is 0 Å². The lowest BCUT2D eigenvalue weighted by Crippen LogP contribution is -2.47. The topological polar surface area (TPSA) is 57.6 Å². The molecule has 22 heavy (non-hydrogen) atoms. The maximum absolute atomic E-state index is 13.1. The average Bonchev–Trinajstić information content (AvgIpc) is 2.51. The van der Waals surface area contributed by atoms with Crippen LogP contribution < -0.4 is 4.90 Å². The highest BCUT2D eigenvalue weighted by atomic mass is 19.1. The zero-order valence-corrected chi connectivity index (χ0v) is 11.9. The van der Waals surface area contributed by atoms with Gasteiger partial charge in [0.25, 0.3) is 0 Å². The van der Waals surface area contributed by atoms with Crippen LogP contribution in [0.5, 0.6) is 0 Å². The number of aliphatic hydroxyl groups excluding tert-OH is 1. The Bertz CT molecular complexity index is 742. The van der Waals surface area contributed by atoms with E-state index in [0.29, 0.717) is 16.8 Å². The fraction of sp³-hybridized carbons (Fsp3) is 0.176. The van der Waals surface area contributed by atoms with Crippen molar-refractivity contribution >= 4 is 17.4 Å². The van der Waals surface area contributed by atoms with Gasteiger partial charge in [0, 0.05) is 12.5 Å². The van der Waals surface area contributed by atoms with Crippen molar-refractivity contribution in [3.63, 3.8) is 0 Å². The van der Waals surface area contributed by atoms with Crippen LogP contribution in [0.4, 0.5) is 10.1 Å². The summed E-state index contributed by atoms with van der Waals surface area (Å²) in [7, 11) is 0. The van der Waals surface area contributed by atoms with Crippen molar-refractivity contribution in [1.82, 2.24) is 0 Å². The first-order chi connectivity index (χ1) is 10.5. The number of halogens is 1. The van der Waals surface area contributed by atoms with Gasteiger partial charge in [-0.15, -0.1) is 0 Å². The Balaban J connectivity index is 2.18. The van der Waals surface area contributed by atoms with Gasteiger partial charge in [-0.25, -0.2) is 4.39 Å². The number of Topliss-reactive ketones (excluding diaryl/α,β-unsaturated/α-hetero) is 1. The summed E-state index contributed by atoms with van der Waals surface area (Å²) in [6.07, 6.45) is -1.38. The molecule has 0 aromatic heterocycles. The third-order valence-electron chi connectivity index (χ3n) is 3.83. The van der Waals surface area contributed by atoms with Crippen LogP contribution in [0.1, 0.15) is 28.9 Å². The SMILES string of the molecule is CC(=O)N1c2ccccc2C(=O)[C@H](O)[C@@H]1c1ccc(F)cc1. The molecule has 1 aliphatic heterocycles. The second-order valence-corrected chi connectivity index (χ2v) is 5.21. The average molecular weight is 299 g/mol. The molecule has 0 bridgehead atoms. The van der Waals surface area contributed by atoms with Gasteiger partial charge in [-0.3, -0.25) is 9.59 Å². The van der Waals surface area contributed by atoms with Gasteiger partial charge in [0.15, 0.2) is 5.78 Å². The van der Waals surface area contributed by atoms with E-state index in [1.807, 2.05) is 0 Å². The third-order valence-corrected chi connectivity index (χ3v) is 3.83. The Labute approximate surface area is 126 Å². The van der Waals surface area contributed by atoms with E-state index in [2.05, 4.69) is 0 Å². The second-order valence-electron chi connectivity index (χ2n) is 5.21. The summed E-state index contributed by atoms with van der Waals surface area (Å²) in [6.45, 7) is 1.37. The molecule has 0 unspecified atom stereocenters. The van der Waals surface area contributed by atoms with Crippen molar-refractivity contribution in [2.75, 3.05) is 4.90 Å². The molecule has 0 saturated heterocycles. The van der Waals surface area contributed by atoms with Crippen molar-refractivity contribution in [3.05, 3.63) is 65.5 Å². The van der Waals surface area contributed by atoms with E-state index in [1.54, 1.807) is 24.3 Å². The van der Waals surface area contributed by atoms with Crippen LogP contribution in [0.15, 0.2) is 48.5 Å². The molecule has 2 aromatic rings. The number of rotatable bonds is 1. The molecular formula is C17H14FNO3. The number of anilines is 1. The lowest BCUT2D eigenvalue weighted by Gasteiger charge is -2.39.